The Balaban J connectivity index is 4.49. The SMILES string of the molecule is CC/C=C\C/C=C\C/C=C\C/C=C\C/C=C\C/C=C\CCC(=O)OC(COC(=O)CCCCCCCCC/C=C\CCCCCCCCC)COC(=O)CCCCCCCCCCC/C=C\C/C=C\CCCCCCC. The van der Waals surface area contributed by atoms with Gasteiger partial charge in [-0.2, -0.15) is 0 Å². The fourth-order valence-corrected chi connectivity index (χ4v) is 8.73. The molecule has 0 aromatic heterocycles. The van der Waals surface area contributed by atoms with Crippen LogP contribution in [0.5, 0.6) is 0 Å². The molecule has 0 aromatic carbocycles. The first kappa shape index (κ1) is 72.1. The number of ether oxygens (including phenoxy) is 3. The van der Waals surface area contributed by atoms with E-state index in [0.29, 0.717) is 19.3 Å². The first-order valence-corrected chi connectivity index (χ1v) is 31.9. The Morgan fingerprint density at radius 1 is 0.276 bits per heavy atom. The summed E-state index contributed by atoms with van der Waals surface area (Å²) in [5, 5.41) is 0. The molecule has 0 saturated carbocycles. The predicted octanol–water partition coefficient (Wildman–Crippen LogP) is 21.8. The maximum absolute atomic E-state index is 12.9. The fraction of sp³-hybridized carbons (Fsp3) is 0.700. The summed E-state index contributed by atoms with van der Waals surface area (Å²) < 4.78 is 16.9. The van der Waals surface area contributed by atoms with Crippen LogP contribution < -0.4 is 0 Å². The topological polar surface area (TPSA) is 78.9 Å². The number of unbranched alkanes of at least 4 members (excludes halogenated alkanes) is 28. The number of carbonyl (C=O) groups excluding carboxylic acids is 3. The lowest BCUT2D eigenvalue weighted by Gasteiger charge is -2.18. The molecule has 0 fully saturated rings. The molecule has 0 bridgehead atoms. The highest BCUT2D eigenvalue weighted by atomic mass is 16.6. The van der Waals surface area contributed by atoms with E-state index in [0.717, 1.165) is 83.5 Å². The first-order chi connectivity index (χ1) is 37.5. The van der Waals surface area contributed by atoms with Crippen LogP contribution in [0.4, 0.5) is 0 Å². The average molecular weight is 1060 g/mol. The van der Waals surface area contributed by atoms with Crippen LogP contribution >= 0.6 is 0 Å². The molecular formula is C70H118O6. The summed E-state index contributed by atoms with van der Waals surface area (Å²) in [4.78, 5) is 38.3. The second kappa shape index (κ2) is 63.6. The van der Waals surface area contributed by atoms with Crippen LogP contribution in [0.25, 0.3) is 0 Å². The molecule has 0 aliphatic rings. The maximum Gasteiger partial charge on any atom is 0.306 e. The van der Waals surface area contributed by atoms with Crippen molar-refractivity contribution in [3.63, 3.8) is 0 Å². The Labute approximate surface area is 470 Å². The van der Waals surface area contributed by atoms with E-state index in [1.54, 1.807) is 0 Å². The summed E-state index contributed by atoms with van der Waals surface area (Å²) in [6.07, 6.45) is 86.7. The van der Waals surface area contributed by atoms with E-state index in [1.165, 1.54) is 167 Å². The Morgan fingerprint density at radius 2 is 0.539 bits per heavy atom. The highest BCUT2D eigenvalue weighted by Crippen LogP contribution is 2.15. The lowest BCUT2D eigenvalue weighted by Crippen LogP contribution is -2.30. The second-order valence-electron chi connectivity index (χ2n) is 20.9. The number of hydrogen-bond donors (Lipinski definition) is 0. The molecule has 0 rings (SSSR count). The number of hydrogen-bond acceptors (Lipinski definition) is 6. The van der Waals surface area contributed by atoms with Crippen molar-refractivity contribution in [2.75, 3.05) is 13.2 Å². The average Bonchev–Trinajstić information content (AvgIpc) is 3.42. The largest absolute Gasteiger partial charge is 0.462 e. The van der Waals surface area contributed by atoms with Gasteiger partial charge in [-0.05, 0) is 116 Å². The molecule has 0 radical (unpaired) electrons. The molecule has 0 saturated heterocycles. The van der Waals surface area contributed by atoms with Crippen LogP contribution in [0.1, 0.15) is 297 Å². The first-order valence-electron chi connectivity index (χ1n) is 31.9. The van der Waals surface area contributed by atoms with Crippen LogP contribution in [0.15, 0.2) is 109 Å². The van der Waals surface area contributed by atoms with E-state index in [9.17, 15) is 14.4 Å². The van der Waals surface area contributed by atoms with Crippen LogP contribution in [0.3, 0.4) is 0 Å². The van der Waals surface area contributed by atoms with Crippen molar-refractivity contribution in [2.45, 2.75) is 303 Å². The van der Waals surface area contributed by atoms with Crippen molar-refractivity contribution in [1.82, 2.24) is 0 Å². The van der Waals surface area contributed by atoms with Gasteiger partial charge in [0.1, 0.15) is 13.2 Å². The van der Waals surface area contributed by atoms with E-state index < -0.39 is 12.1 Å². The molecule has 1 atom stereocenters. The van der Waals surface area contributed by atoms with Gasteiger partial charge in [-0.15, -0.1) is 0 Å². The molecule has 6 nitrogen and oxygen atoms in total. The normalized spacial score (nSPS) is 12.8. The highest BCUT2D eigenvalue weighted by molar-refractivity contribution is 5.71. The third-order valence-electron chi connectivity index (χ3n) is 13.5. The number of carbonyl (C=O) groups is 3. The van der Waals surface area contributed by atoms with Crippen molar-refractivity contribution in [2.24, 2.45) is 0 Å². The zero-order valence-electron chi connectivity index (χ0n) is 49.7. The molecule has 0 aliphatic heterocycles. The molecule has 0 heterocycles. The zero-order chi connectivity index (χ0) is 55.0. The summed E-state index contributed by atoms with van der Waals surface area (Å²) >= 11 is 0. The zero-order valence-corrected chi connectivity index (χ0v) is 49.7. The summed E-state index contributed by atoms with van der Waals surface area (Å²) in [6, 6.07) is 0. The lowest BCUT2D eigenvalue weighted by atomic mass is 10.1. The summed E-state index contributed by atoms with van der Waals surface area (Å²) in [7, 11) is 0. The smallest absolute Gasteiger partial charge is 0.306 e. The van der Waals surface area contributed by atoms with Gasteiger partial charge < -0.3 is 14.2 Å². The van der Waals surface area contributed by atoms with Gasteiger partial charge in [-0.3, -0.25) is 14.4 Å². The van der Waals surface area contributed by atoms with E-state index in [1.807, 2.05) is 6.08 Å². The van der Waals surface area contributed by atoms with E-state index in [4.69, 9.17) is 14.2 Å². The van der Waals surface area contributed by atoms with Crippen molar-refractivity contribution in [3.05, 3.63) is 109 Å². The summed E-state index contributed by atoms with van der Waals surface area (Å²) in [5.74, 6) is -0.998. The Hall–Kier alpha value is -3.93. The molecular weight excluding hydrogens is 937 g/mol. The van der Waals surface area contributed by atoms with Gasteiger partial charge in [0.05, 0.1) is 0 Å². The quantitative estimate of drug-likeness (QED) is 0.0261. The maximum atomic E-state index is 12.9. The molecule has 1 unspecified atom stereocenters. The predicted molar refractivity (Wildman–Crippen MR) is 330 cm³/mol. The van der Waals surface area contributed by atoms with Crippen molar-refractivity contribution < 1.29 is 28.6 Å². The van der Waals surface area contributed by atoms with Crippen molar-refractivity contribution in [3.8, 4) is 0 Å². The molecule has 0 aliphatic carbocycles. The van der Waals surface area contributed by atoms with E-state index in [2.05, 4.69) is 124 Å². The minimum atomic E-state index is -0.825. The molecule has 76 heavy (non-hydrogen) atoms. The monoisotopic (exact) mass is 1050 g/mol. The van der Waals surface area contributed by atoms with Crippen molar-refractivity contribution >= 4 is 17.9 Å². The Morgan fingerprint density at radius 3 is 0.868 bits per heavy atom. The second-order valence-corrected chi connectivity index (χ2v) is 20.9. The van der Waals surface area contributed by atoms with Crippen molar-refractivity contribution in [1.29, 1.82) is 0 Å². The lowest BCUT2D eigenvalue weighted by molar-refractivity contribution is -0.166. The minimum Gasteiger partial charge on any atom is -0.462 e. The van der Waals surface area contributed by atoms with Crippen LogP contribution in [-0.2, 0) is 28.6 Å². The fourth-order valence-electron chi connectivity index (χ4n) is 8.73. The van der Waals surface area contributed by atoms with Gasteiger partial charge in [0.2, 0.25) is 0 Å². The van der Waals surface area contributed by atoms with E-state index in [-0.39, 0.29) is 31.6 Å². The van der Waals surface area contributed by atoms with E-state index >= 15 is 0 Å². The van der Waals surface area contributed by atoms with Crippen LogP contribution in [0, 0.1) is 0 Å². The number of rotatable bonds is 57. The standard InChI is InChI=1S/C70H118O6/c1-4-7-10-13-16-19-22-25-28-31-34-35-37-39-42-45-48-51-54-57-60-63-69(72)75-66-67(65-74-68(71)62-59-56-53-50-47-44-41-38-33-30-27-24-21-18-15-12-9-6-3)76-70(73)64-61-58-55-52-49-46-43-40-36-32-29-26-23-20-17-14-11-8-5-2/h8,11,17,20,22,25-26,29-31,33-34,36,40,46,49,55,58,67H,4-7,9-10,12-16,18-19,21,23-24,27-28,32,35,37-39,41-45,47-48,50-54,56-57,59-66H2,1-3H3/b11-8-,20-17-,25-22-,29-26-,33-30-,34-31-,40-36-,49-46-,58-55-. The molecule has 0 aromatic rings. The summed E-state index contributed by atoms with van der Waals surface area (Å²) in [5.41, 5.74) is 0. The minimum absolute atomic E-state index is 0.112. The highest BCUT2D eigenvalue weighted by Gasteiger charge is 2.19. The molecule has 0 amide bonds. The third-order valence-corrected chi connectivity index (χ3v) is 13.5. The van der Waals surface area contributed by atoms with Gasteiger partial charge in [0.15, 0.2) is 6.10 Å². The number of allylic oxidation sites excluding steroid dienone is 18. The van der Waals surface area contributed by atoms with Crippen LogP contribution in [-0.4, -0.2) is 37.2 Å². The molecule has 0 N–H and O–H groups in total. The molecule has 434 valence electrons. The number of esters is 3. The third kappa shape index (κ3) is 60.9. The van der Waals surface area contributed by atoms with Gasteiger partial charge in [-0.25, -0.2) is 0 Å². The molecule has 0 spiro atoms. The van der Waals surface area contributed by atoms with Crippen LogP contribution in [0.2, 0.25) is 0 Å². The Bertz CT molecular complexity index is 1540. The van der Waals surface area contributed by atoms with Gasteiger partial charge in [-0.1, -0.05) is 271 Å². The Kier molecular flexibility index (Phi) is 60.3. The molecule has 6 heteroatoms. The van der Waals surface area contributed by atoms with Gasteiger partial charge >= 0.3 is 17.9 Å². The van der Waals surface area contributed by atoms with Gasteiger partial charge in [0.25, 0.3) is 0 Å². The summed E-state index contributed by atoms with van der Waals surface area (Å²) in [6.45, 7) is 6.47. The van der Waals surface area contributed by atoms with Gasteiger partial charge in [0, 0.05) is 19.3 Å².